The number of fused-ring (bicyclic) bond motifs is 1. The van der Waals surface area contributed by atoms with Crippen LogP contribution < -0.4 is 16.1 Å². The van der Waals surface area contributed by atoms with E-state index >= 15 is 0 Å². The third-order valence-electron chi connectivity index (χ3n) is 4.92. The SMILES string of the molecule is COc1ccnc2c(=O)n([C@@H](C)c3noc(-c4ccc(C(C)C)cc4)n3)c(=O)oc12. The van der Waals surface area contributed by atoms with Crippen LogP contribution in [0.3, 0.4) is 0 Å². The van der Waals surface area contributed by atoms with E-state index in [0.29, 0.717) is 11.8 Å². The van der Waals surface area contributed by atoms with E-state index in [1.165, 1.54) is 24.9 Å². The fraction of sp³-hybridized carbons (Fsp3) is 0.286. The van der Waals surface area contributed by atoms with Gasteiger partial charge in [0.1, 0.15) is 6.04 Å². The second-order valence-electron chi connectivity index (χ2n) is 7.14. The molecule has 0 spiro atoms. The van der Waals surface area contributed by atoms with Crippen LogP contribution in [-0.4, -0.2) is 26.8 Å². The number of nitrogens with zero attached hydrogens (tertiary/aromatic N) is 4. The Hall–Kier alpha value is -3.75. The van der Waals surface area contributed by atoms with E-state index in [-0.39, 0.29) is 22.7 Å². The summed E-state index contributed by atoms with van der Waals surface area (Å²) >= 11 is 0. The molecule has 0 N–H and O–H groups in total. The van der Waals surface area contributed by atoms with Crippen LogP contribution in [0.15, 0.2) is 55.1 Å². The van der Waals surface area contributed by atoms with Gasteiger partial charge < -0.3 is 13.7 Å². The highest BCUT2D eigenvalue weighted by Crippen LogP contribution is 2.24. The molecule has 0 bridgehead atoms. The Morgan fingerprint density at radius 2 is 1.80 bits per heavy atom. The van der Waals surface area contributed by atoms with Crippen molar-refractivity contribution in [2.75, 3.05) is 7.11 Å². The van der Waals surface area contributed by atoms with Crippen molar-refractivity contribution in [3.63, 3.8) is 0 Å². The summed E-state index contributed by atoms with van der Waals surface area (Å²) in [5.74, 6) is 0.267. The van der Waals surface area contributed by atoms with Gasteiger partial charge in [0, 0.05) is 17.8 Å². The highest BCUT2D eigenvalue weighted by molar-refractivity contribution is 5.77. The smallest absolute Gasteiger partial charge is 0.423 e. The second kappa shape index (κ2) is 7.58. The Morgan fingerprint density at radius 1 is 1.07 bits per heavy atom. The number of rotatable bonds is 5. The third-order valence-corrected chi connectivity index (χ3v) is 4.92. The van der Waals surface area contributed by atoms with Crippen molar-refractivity contribution in [1.29, 1.82) is 0 Å². The minimum Gasteiger partial charge on any atom is -0.493 e. The van der Waals surface area contributed by atoms with Gasteiger partial charge in [-0.1, -0.05) is 31.1 Å². The van der Waals surface area contributed by atoms with Gasteiger partial charge in [-0.15, -0.1) is 0 Å². The molecule has 0 aliphatic rings. The van der Waals surface area contributed by atoms with E-state index in [9.17, 15) is 9.59 Å². The maximum Gasteiger partial charge on any atom is 0.423 e. The minimum atomic E-state index is -0.862. The molecule has 0 unspecified atom stereocenters. The predicted octanol–water partition coefficient (Wildman–Crippen LogP) is 3.14. The van der Waals surface area contributed by atoms with Crippen molar-refractivity contribution in [3.05, 3.63) is 68.8 Å². The van der Waals surface area contributed by atoms with Gasteiger partial charge in [0.25, 0.3) is 11.4 Å². The molecule has 3 aromatic heterocycles. The largest absolute Gasteiger partial charge is 0.493 e. The van der Waals surface area contributed by atoms with Gasteiger partial charge in [0.05, 0.1) is 7.11 Å². The Balaban J connectivity index is 1.74. The Kier molecular flexibility index (Phi) is 4.94. The lowest BCUT2D eigenvalue weighted by Crippen LogP contribution is -2.36. The first kappa shape index (κ1) is 19.6. The molecule has 0 saturated heterocycles. The summed E-state index contributed by atoms with van der Waals surface area (Å²) in [5, 5.41) is 3.95. The number of hydrogen-bond acceptors (Lipinski definition) is 8. The van der Waals surface area contributed by atoms with Crippen molar-refractivity contribution < 1.29 is 13.7 Å². The molecular formula is C21H20N4O5. The molecule has 154 valence electrons. The Labute approximate surface area is 170 Å². The average molecular weight is 408 g/mol. The van der Waals surface area contributed by atoms with Crippen LogP contribution in [0.2, 0.25) is 0 Å². The molecule has 9 nitrogen and oxygen atoms in total. The molecule has 0 aliphatic carbocycles. The summed E-state index contributed by atoms with van der Waals surface area (Å²) in [6, 6.07) is 8.46. The van der Waals surface area contributed by atoms with Crippen LogP contribution in [0.4, 0.5) is 0 Å². The first-order valence-electron chi connectivity index (χ1n) is 9.43. The predicted molar refractivity (Wildman–Crippen MR) is 109 cm³/mol. The molecule has 0 radical (unpaired) electrons. The molecule has 0 aliphatic heterocycles. The summed E-state index contributed by atoms with van der Waals surface area (Å²) < 4.78 is 16.7. The lowest BCUT2D eigenvalue weighted by Gasteiger charge is -2.10. The molecule has 30 heavy (non-hydrogen) atoms. The Morgan fingerprint density at radius 3 is 2.47 bits per heavy atom. The first-order chi connectivity index (χ1) is 14.4. The lowest BCUT2D eigenvalue weighted by molar-refractivity contribution is 0.379. The Bertz CT molecular complexity index is 1320. The zero-order valence-corrected chi connectivity index (χ0v) is 16.9. The highest BCUT2D eigenvalue weighted by Gasteiger charge is 2.23. The number of methoxy groups -OCH3 is 1. The van der Waals surface area contributed by atoms with E-state index in [4.69, 9.17) is 13.7 Å². The summed E-state index contributed by atoms with van der Waals surface area (Å²) in [4.78, 5) is 33.8. The zero-order valence-electron chi connectivity index (χ0n) is 16.9. The quantitative estimate of drug-likeness (QED) is 0.495. The molecule has 4 rings (SSSR count). The van der Waals surface area contributed by atoms with Gasteiger partial charge in [-0.25, -0.2) is 14.3 Å². The minimum absolute atomic E-state index is 0.00232. The van der Waals surface area contributed by atoms with Crippen molar-refractivity contribution in [2.45, 2.75) is 32.7 Å². The fourth-order valence-electron chi connectivity index (χ4n) is 3.16. The van der Waals surface area contributed by atoms with Gasteiger partial charge in [0.15, 0.2) is 17.1 Å². The van der Waals surface area contributed by atoms with E-state index in [2.05, 4.69) is 29.0 Å². The molecule has 0 fully saturated rings. The molecule has 4 aromatic rings. The maximum absolute atomic E-state index is 12.9. The summed E-state index contributed by atoms with van der Waals surface area (Å²) in [7, 11) is 1.41. The van der Waals surface area contributed by atoms with E-state index < -0.39 is 17.4 Å². The van der Waals surface area contributed by atoms with Gasteiger partial charge in [-0.05, 0) is 30.5 Å². The first-order valence-corrected chi connectivity index (χ1v) is 9.43. The van der Waals surface area contributed by atoms with Gasteiger partial charge in [-0.3, -0.25) is 4.79 Å². The number of ether oxygens (including phenoxy) is 1. The highest BCUT2D eigenvalue weighted by atomic mass is 16.5. The van der Waals surface area contributed by atoms with Crippen LogP contribution in [-0.2, 0) is 0 Å². The summed E-state index contributed by atoms with van der Waals surface area (Å²) in [5.41, 5.74) is 1.29. The van der Waals surface area contributed by atoms with E-state index in [1.54, 1.807) is 6.92 Å². The number of aromatic nitrogens is 4. The topological polar surface area (TPSA) is 113 Å². The van der Waals surface area contributed by atoms with Crippen molar-refractivity contribution in [2.24, 2.45) is 0 Å². The molecule has 0 saturated carbocycles. The fourth-order valence-corrected chi connectivity index (χ4v) is 3.16. The number of benzene rings is 1. The molecule has 3 heterocycles. The summed E-state index contributed by atoms with van der Waals surface area (Å²) in [6.07, 6.45) is 1.41. The molecule has 1 atom stereocenters. The van der Waals surface area contributed by atoms with Crippen molar-refractivity contribution in [1.82, 2.24) is 19.7 Å². The van der Waals surface area contributed by atoms with Crippen LogP contribution >= 0.6 is 0 Å². The van der Waals surface area contributed by atoms with Crippen molar-refractivity contribution >= 4 is 11.1 Å². The average Bonchev–Trinajstić information content (AvgIpc) is 3.23. The standard InChI is InChI=1S/C21H20N4O5/c1-11(2)13-5-7-14(8-6-13)19-23-18(24-30-19)12(3)25-20(26)16-17(29-21(25)27)15(28-4)9-10-22-16/h5-12H,1-4H3/t12-/m0/s1. The monoisotopic (exact) mass is 408 g/mol. The molecular weight excluding hydrogens is 388 g/mol. The van der Waals surface area contributed by atoms with Crippen LogP contribution in [0, 0.1) is 0 Å². The third kappa shape index (κ3) is 3.28. The van der Waals surface area contributed by atoms with E-state index in [0.717, 1.165) is 10.1 Å². The zero-order chi connectivity index (χ0) is 21.4. The molecule has 9 heteroatoms. The molecule has 0 amide bonds. The normalized spacial score (nSPS) is 12.4. The van der Waals surface area contributed by atoms with E-state index in [1.807, 2.05) is 24.3 Å². The van der Waals surface area contributed by atoms with Gasteiger partial charge in [-0.2, -0.15) is 4.98 Å². The van der Waals surface area contributed by atoms with Gasteiger partial charge in [0.2, 0.25) is 5.58 Å². The number of hydrogen-bond donors (Lipinski definition) is 0. The van der Waals surface area contributed by atoms with Crippen LogP contribution in [0.25, 0.3) is 22.6 Å². The second-order valence-corrected chi connectivity index (χ2v) is 7.14. The molecule has 1 aromatic carbocycles. The van der Waals surface area contributed by atoms with Gasteiger partial charge >= 0.3 is 5.76 Å². The number of pyridine rings is 1. The van der Waals surface area contributed by atoms with Crippen molar-refractivity contribution in [3.8, 4) is 17.2 Å². The maximum atomic E-state index is 12.9. The lowest BCUT2D eigenvalue weighted by atomic mass is 10.0. The van der Waals surface area contributed by atoms with Crippen LogP contribution in [0.1, 0.15) is 44.1 Å². The summed E-state index contributed by atoms with van der Waals surface area (Å²) in [6.45, 7) is 5.83. The van der Waals surface area contributed by atoms with Crippen LogP contribution in [0.5, 0.6) is 5.75 Å².